The Morgan fingerprint density at radius 1 is 1.39 bits per heavy atom. The molecule has 5 nitrogen and oxygen atoms in total. The number of allylic oxidation sites excluding steroid dienone is 1. The Morgan fingerprint density at radius 3 is 2.61 bits per heavy atom. The van der Waals surface area contributed by atoms with E-state index in [1.54, 1.807) is 13.0 Å². The average Bonchev–Trinajstić information content (AvgIpc) is 2.44. The Kier molecular flexibility index (Phi) is 6.60. The molecular formula is C13H13ClF3NO4S. The largest absolute Gasteiger partial charge is 0.460 e. The van der Waals surface area contributed by atoms with Gasteiger partial charge in [-0.05, 0) is 25.1 Å². The van der Waals surface area contributed by atoms with E-state index in [4.69, 9.17) is 11.6 Å². The minimum Gasteiger partial charge on any atom is -0.460 e. The molecule has 0 unspecified atom stereocenters. The molecule has 0 heterocycles. The summed E-state index contributed by atoms with van der Waals surface area (Å²) in [6, 6.07) is 1.88. The molecule has 1 aromatic rings. The first-order valence-electron chi connectivity index (χ1n) is 6.21. The van der Waals surface area contributed by atoms with Gasteiger partial charge in [-0.3, -0.25) is 4.79 Å². The molecule has 1 N–H and O–H groups in total. The van der Waals surface area contributed by atoms with Crippen molar-refractivity contribution in [3.05, 3.63) is 40.9 Å². The van der Waals surface area contributed by atoms with Crippen LogP contribution in [0.15, 0.2) is 35.2 Å². The second-order valence-electron chi connectivity index (χ2n) is 4.22. The van der Waals surface area contributed by atoms with Crippen molar-refractivity contribution in [3.63, 3.8) is 0 Å². The maximum absolute atomic E-state index is 12.6. The number of nitrogens with one attached hydrogen (secondary N) is 1. The van der Waals surface area contributed by atoms with Crippen molar-refractivity contribution in [3.8, 4) is 0 Å². The van der Waals surface area contributed by atoms with Crippen LogP contribution < -0.4 is 4.72 Å². The number of carbonyl (C=O) groups is 1. The summed E-state index contributed by atoms with van der Waals surface area (Å²) >= 11 is 5.64. The van der Waals surface area contributed by atoms with Gasteiger partial charge in [0.05, 0.1) is 10.6 Å². The van der Waals surface area contributed by atoms with Gasteiger partial charge in [0.15, 0.2) is 0 Å². The number of rotatable bonds is 6. The van der Waals surface area contributed by atoms with E-state index in [2.05, 4.69) is 4.74 Å². The SMILES string of the molecule is C/C=C/COC(=O)CNS(=O)(=O)c1cc(C(F)(F)F)ccc1Cl. The smallest absolute Gasteiger partial charge is 0.416 e. The summed E-state index contributed by atoms with van der Waals surface area (Å²) in [7, 11) is -4.40. The van der Waals surface area contributed by atoms with E-state index in [9.17, 15) is 26.4 Å². The highest BCUT2D eigenvalue weighted by Gasteiger charge is 2.32. The third-order valence-corrected chi connectivity index (χ3v) is 4.41. The van der Waals surface area contributed by atoms with Crippen LogP contribution in [0.5, 0.6) is 0 Å². The van der Waals surface area contributed by atoms with E-state index in [0.717, 1.165) is 6.07 Å². The molecule has 23 heavy (non-hydrogen) atoms. The fraction of sp³-hybridized carbons (Fsp3) is 0.308. The number of esters is 1. The van der Waals surface area contributed by atoms with Crippen LogP contribution in [0.2, 0.25) is 5.02 Å². The summed E-state index contributed by atoms with van der Waals surface area (Å²) in [6.07, 6.45) is -1.57. The van der Waals surface area contributed by atoms with Crippen LogP contribution in [0.4, 0.5) is 13.2 Å². The van der Waals surface area contributed by atoms with Crippen LogP contribution in [-0.4, -0.2) is 27.5 Å². The maximum atomic E-state index is 12.6. The highest BCUT2D eigenvalue weighted by Crippen LogP contribution is 2.33. The van der Waals surface area contributed by atoms with Crippen molar-refractivity contribution in [2.24, 2.45) is 0 Å². The minimum atomic E-state index is -4.72. The predicted molar refractivity (Wildman–Crippen MR) is 77.4 cm³/mol. The second kappa shape index (κ2) is 7.80. The summed E-state index contributed by atoms with van der Waals surface area (Å²) in [6.45, 7) is 0.931. The Morgan fingerprint density at radius 2 is 2.04 bits per heavy atom. The molecule has 0 saturated heterocycles. The van der Waals surface area contributed by atoms with Crippen LogP contribution in [0.3, 0.4) is 0 Å². The molecule has 0 aliphatic rings. The van der Waals surface area contributed by atoms with Crippen molar-refractivity contribution in [2.75, 3.05) is 13.2 Å². The predicted octanol–water partition coefficient (Wildman–Crippen LogP) is 2.76. The van der Waals surface area contributed by atoms with E-state index in [-0.39, 0.29) is 6.61 Å². The van der Waals surface area contributed by atoms with Crippen LogP contribution >= 0.6 is 11.6 Å². The van der Waals surface area contributed by atoms with Crippen molar-refractivity contribution in [1.29, 1.82) is 0 Å². The number of halogens is 4. The molecule has 0 amide bonds. The number of alkyl halides is 3. The van der Waals surface area contributed by atoms with Gasteiger partial charge in [-0.2, -0.15) is 17.9 Å². The average molecular weight is 372 g/mol. The highest BCUT2D eigenvalue weighted by atomic mass is 35.5. The topological polar surface area (TPSA) is 72.5 Å². The zero-order valence-corrected chi connectivity index (χ0v) is 13.4. The number of hydrogen-bond donors (Lipinski definition) is 1. The molecule has 0 aromatic heterocycles. The molecule has 0 atom stereocenters. The number of benzene rings is 1. The van der Waals surface area contributed by atoms with Gasteiger partial charge in [-0.25, -0.2) is 8.42 Å². The molecule has 10 heteroatoms. The van der Waals surface area contributed by atoms with E-state index in [1.807, 2.05) is 4.72 Å². The molecule has 0 fully saturated rings. The second-order valence-corrected chi connectivity index (χ2v) is 6.36. The van der Waals surface area contributed by atoms with E-state index >= 15 is 0 Å². The number of hydrogen-bond acceptors (Lipinski definition) is 4. The Hall–Kier alpha value is -1.58. The number of carbonyl (C=O) groups excluding carboxylic acids is 1. The van der Waals surface area contributed by atoms with Crippen molar-refractivity contribution in [2.45, 2.75) is 18.0 Å². The number of sulfonamides is 1. The minimum absolute atomic E-state index is 0.0403. The quantitative estimate of drug-likeness (QED) is 0.616. The molecule has 0 spiro atoms. The molecule has 0 bridgehead atoms. The van der Waals surface area contributed by atoms with E-state index < -0.39 is 44.2 Å². The summed E-state index contributed by atoms with van der Waals surface area (Å²) < 4.78 is 68.4. The summed E-state index contributed by atoms with van der Waals surface area (Å²) in [4.78, 5) is 10.5. The first-order chi connectivity index (χ1) is 10.6. The van der Waals surface area contributed by atoms with Crippen molar-refractivity contribution < 1.29 is 31.1 Å². The van der Waals surface area contributed by atoms with Gasteiger partial charge in [-0.1, -0.05) is 23.8 Å². The lowest BCUT2D eigenvalue weighted by Crippen LogP contribution is -2.31. The zero-order valence-electron chi connectivity index (χ0n) is 11.9. The molecule has 128 valence electrons. The molecule has 0 saturated carbocycles. The van der Waals surface area contributed by atoms with E-state index in [0.29, 0.717) is 12.1 Å². The van der Waals surface area contributed by atoms with Crippen molar-refractivity contribution >= 4 is 27.6 Å². The zero-order chi connectivity index (χ0) is 17.7. The van der Waals surface area contributed by atoms with Gasteiger partial charge in [0.2, 0.25) is 10.0 Å². The lowest BCUT2D eigenvalue weighted by Gasteiger charge is -2.11. The third kappa shape index (κ3) is 5.85. The molecule has 0 radical (unpaired) electrons. The highest BCUT2D eigenvalue weighted by molar-refractivity contribution is 7.89. The summed E-state index contributed by atoms with van der Waals surface area (Å²) in [5, 5.41) is -0.396. The van der Waals surface area contributed by atoms with Crippen LogP contribution in [0.25, 0.3) is 0 Å². The van der Waals surface area contributed by atoms with Gasteiger partial charge in [-0.15, -0.1) is 0 Å². The van der Waals surface area contributed by atoms with Gasteiger partial charge in [0, 0.05) is 0 Å². The first-order valence-corrected chi connectivity index (χ1v) is 8.07. The standard InChI is InChI=1S/C13H13ClF3NO4S/c1-2-3-6-22-12(19)8-18-23(20,21)11-7-9(13(15,16)17)4-5-10(11)14/h2-5,7,18H,6,8H2,1H3/b3-2+. The Labute approximate surface area is 136 Å². The molecule has 1 rings (SSSR count). The third-order valence-electron chi connectivity index (χ3n) is 2.53. The normalized spacial score (nSPS) is 12.6. The summed E-state index contributed by atoms with van der Waals surface area (Å²) in [5.41, 5.74) is -1.17. The maximum Gasteiger partial charge on any atom is 0.416 e. The molecule has 0 aliphatic carbocycles. The Balaban J connectivity index is 2.90. The fourth-order valence-corrected chi connectivity index (χ4v) is 2.90. The Bertz CT molecular complexity index is 702. The summed E-state index contributed by atoms with van der Waals surface area (Å²) in [5.74, 6) is -0.880. The monoisotopic (exact) mass is 371 g/mol. The van der Waals surface area contributed by atoms with Crippen molar-refractivity contribution in [1.82, 2.24) is 4.72 Å². The van der Waals surface area contributed by atoms with Crippen LogP contribution in [0, 0.1) is 0 Å². The first kappa shape index (κ1) is 19.5. The fourth-order valence-electron chi connectivity index (χ4n) is 1.41. The lowest BCUT2D eigenvalue weighted by atomic mass is 10.2. The van der Waals surface area contributed by atoms with E-state index in [1.165, 1.54) is 6.08 Å². The molecule has 1 aromatic carbocycles. The van der Waals surface area contributed by atoms with Gasteiger partial charge in [0.25, 0.3) is 0 Å². The van der Waals surface area contributed by atoms with Crippen LogP contribution in [-0.2, 0) is 25.7 Å². The van der Waals surface area contributed by atoms with Gasteiger partial charge < -0.3 is 4.74 Å². The van der Waals surface area contributed by atoms with Crippen LogP contribution in [0.1, 0.15) is 12.5 Å². The molecular weight excluding hydrogens is 359 g/mol. The number of ether oxygens (including phenoxy) is 1. The van der Waals surface area contributed by atoms with Gasteiger partial charge in [0.1, 0.15) is 18.0 Å². The lowest BCUT2D eigenvalue weighted by molar-refractivity contribution is -0.141. The van der Waals surface area contributed by atoms with Gasteiger partial charge >= 0.3 is 12.1 Å². The molecule has 0 aliphatic heterocycles.